The summed E-state index contributed by atoms with van der Waals surface area (Å²) >= 11 is 2.95. The topological polar surface area (TPSA) is 52.6 Å². The van der Waals surface area contributed by atoms with Gasteiger partial charge in [-0.25, -0.2) is 4.79 Å². The van der Waals surface area contributed by atoms with Crippen molar-refractivity contribution in [2.75, 3.05) is 5.33 Å². The minimum atomic E-state index is -1.25. The maximum atomic E-state index is 11.6. The lowest BCUT2D eigenvalue weighted by molar-refractivity contribution is -0.185. The Labute approximate surface area is 98.4 Å². The van der Waals surface area contributed by atoms with E-state index in [1.54, 1.807) is 20.8 Å². The molecule has 0 unspecified atom stereocenters. The van der Waals surface area contributed by atoms with E-state index in [0.29, 0.717) is 0 Å². The Morgan fingerprint density at radius 3 is 1.87 bits per heavy atom. The van der Waals surface area contributed by atoms with Crippen LogP contribution in [0.3, 0.4) is 0 Å². The van der Waals surface area contributed by atoms with E-state index in [4.69, 9.17) is 9.47 Å². The summed E-state index contributed by atoms with van der Waals surface area (Å²) in [6.45, 7) is 8.27. The molecule has 0 aliphatic carbocycles. The molecular formula is C10H17BrO4. The molecule has 0 saturated carbocycles. The monoisotopic (exact) mass is 280 g/mol. The van der Waals surface area contributed by atoms with Gasteiger partial charge < -0.3 is 9.47 Å². The third kappa shape index (κ3) is 5.77. The molecule has 0 N–H and O–H groups in total. The van der Waals surface area contributed by atoms with E-state index in [-0.39, 0.29) is 5.33 Å². The Bertz CT molecular complexity index is 253. The zero-order valence-electron chi connectivity index (χ0n) is 9.72. The van der Waals surface area contributed by atoms with E-state index in [9.17, 15) is 9.59 Å². The lowest BCUT2D eigenvalue weighted by Gasteiger charge is -2.28. The highest BCUT2D eigenvalue weighted by molar-refractivity contribution is 9.09. The standard InChI is InChI=1S/C10H17BrO4/c1-9(2,3)15-8(13)10(4,5)14-7(12)6-11/h6H2,1-5H3. The molecule has 0 rings (SSSR count). The van der Waals surface area contributed by atoms with Gasteiger partial charge in [-0.15, -0.1) is 0 Å². The van der Waals surface area contributed by atoms with Crippen molar-refractivity contribution in [2.45, 2.75) is 45.8 Å². The second-order valence-corrected chi connectivity index (χ2v) is 5.18. The second-order valence-electron chi connectivity index (χ2n) is 4.62. The number of carbonyl (C=O) groups excluding carboxylic acids is 2. The molecule has 0 atom stereocenters. The summed E-state index contributed by atoms with van der Waals surface area (Å²) in [6, 6.07) is 0. The van der Waals surface area contributed by atoms with Crippen LogP contribution in [0.4, 0.5) is 0 Å². The number of ether oxygens (including phenoxy) is 2. The minimum absolute atomic E-state index is 0.0548. The van der Waals surface area contributed by atoms with Crippen LogP contribution in [0.25, 0.3) is 0 Å². The van der Waals surface area contributed by atoms with E-state index in [1.807, 2.05) is 0 Å². The quantitative estimate of drug-likeness (QED) is 0.587. The van der Waals surface area contributed by atoms with Crippen molar-refractivity contribution in [1.29, 1.82) is 0 Å². The number of hydrogen-bond acceptors (Lipinski definition) is 4. The van der Waals surface area contributed by atoms with Gasteiger partial charge in [0.15, 0.2) is 0 Å². The van der Waals surface area contributed by atoms with Gasteiger partial charge in [-0.05, 0) is 34.6 Å². The Kier molecular flexibility index (Phi) is 4.77. The van der Waals surface area contributed by atoms with Gasteiger partial charge in [-0.2, -0.15) is 0 Å². The first-order valence-corrected chi connectivity index (χ1v) is 5.72. The van der Waals surface area contributed by atoms with Crippen LogP contribution in [-0.4, -0.2) is 28.5 Å². The molecule has 0 radical (unpaired) electrons. The van der Waals surface area contributed by atoms with E-state index in [2.05, 4.69) is 15.9 Å². The van der Waals surface area contributed by atoms with Crippen molar-refractivity contribution in [3.63, 3.8) is 0 Å². The predicted octanol–water partition coefficient (Wildman–Crippen LogP) is 2.04. The number of alkyl halides is 1. The number of carbonyl (C=O) groups is 2. The van der Waals surface area contributed by atoms with Crippen LogP contribution in [0, 0.1) is 0 Å². The molecule has 0 aliphatic rings. The highest BCUT2D eigenvalue weighted by Crippen LogP contribution is 2.17. The van der Waals surface area contributed by atoms with Crippen LogP contribution in [0.15, 0.2) is 0 Å². The van der Waals surface area contributed by atoms with Crippen molar-refractivity contribution in [2.24, 2.45) is 0 Å². The fraction of sp³-hybridized carbons (Fsp3) is 0.800. The minimum Gasteiger partial charge on any atom is -0.457 e. The van der Waals surface area contributed by atoms with Gasteiger partial charge in [0.05, 0.1) is 0 Å². The molecule has 0 spiro atoms. The Morgan fingerprint density at radius 1 is 1.07 bits per heavy atom. The maximum Gasteiger partial charge on any atom is 0.350 e. The van der Waals surface area contributed by atoms with Crippen molar-refractivity contribution >= 4 is 27.9 Å². The SMILES string of the molecule is CC(C)(C)OC(=O)C(C)(C)OC(=O)CBr. The fourth-order valence-electron chi connectivity index (χ4n) is 0.755. The highest BCUT2D eigenvalue weighted by atomic mass is 79.9. The van der Waals surface area contributed by atoms with Gasteiger partial charge in [-0.3, -0.25) is 4.79 Å². The van der Waals surface area contributed by atoms with E-state index in [1.165, 1.54) is 13.8 Å². The molecule has 0 heterocycles. The van der Waals surface area contributed by atoms with Gasteiger partial charge in [0.2, 0.25) is 5.60 Å². The van der Waals surface area contributed by atoms with Crippen LogP contribution >= 0.6 is 15.9 Å². The van der Waals surface area contributed by atoms with E-state index in [0.717, 1.165) is 0 Å². The average Bonchev–Trinajstić information content (AvgIpc) is 2.00. The summed E-state index contributed by atoms with van der Waals surface area (Å²) in [5.41, 5.74) is -1.84. The molecule has 4 nitrogen and oxygen atoms in total. The normalized spacial score (nSPS) is 12.1. The summed E-state index contributed by atoms with van der Waals surface area (Å²) in [7, 11) is 0. The van der Waals surface area contributed by atoms with Crippen molar-refractivity contribution < 1.29 is 19.1 Å². The zero-order valence-corrected chi connectivity index (χ0v) is 11.3. The molecular weight excluding hydrogens is 264 g/mol. The van der Waals surface area contributed by atoms with Gasteiger partial charge >= 0.3 is 11.9 Å². The summed E-state index contributed by atoms with van der Waals surface area (Å²) in [5, 5.41) is 0.0548. The summed E-state index contributed by atoms with van der Waals surface area (Å²) < 4.78 is 10.1. The van der Waals surface area contributed by atoms with Crippen molar-refractivity contribution in [3.05, 3.63) is 0 Å². The summed E-state index contributed by atoms with van der Waals surface area (Å²) in [4.78, 5) is 22.6. The molecule has 0 aromatic heterocycles. The molecule has 0 fully saturated rings. The van der Waals surface area contributed by atoms with Crippen LogP contribution in [0.5, 0.6) is 0 Å². The third-order valence-corrected chi connectivity index (χ3v) is 1.83. The van der Waals surface area contributed by atoms with Crippen molar-refractivity contribution in [3.8, 4) is 0 Å². The molecule has 0 aliphatic heterocycles. The zero-order chi connectivity index (χ0) is 12.3. The Morgan fingerprint density at radius 2 is 1.53 bits per heavy atom. The highest BCUT2D eigenvalue weighted by Gasteiger charge is 2.36. The number of esters is 2. The Hall–Kier alpha value is -0.580. The first-order valence-electron chi connectivity index (χ1n) is 4.60. The number of hydrogen-bond donors (Lipinski definition) is 0. The van der Waals surface area contributed by atoms with Gasteiger partial charge in [0.1, 0.15) is 10.9 Å². The smallest absolute Gasteiger partial charge is 0.350 e. The molecule has 15 heavy (non-hydrogen) atoms. The van der Waals surface area contributed by atoms with Gasteiger partial charge in [-0.1, -0.05) is 15.9 Å². The Balaban J connectivity index is 4.46. The first kappa shape index (κ1) is 14.4. The molecule has 0 saturated heterocycles. The molecule has 0 aromatic carbocycles. The third-order valence-electron chi connectivity index (χ3n) is 1.37. The van der Waals surface area contributed by atoms with Crippen molar-refractivity contribution in [1.82, 2.24) is 0 Å². The summed E-state index contributed by atoms with van der Waals surface area (Å²) in [6.07, 6.45) is 0. The fourth-order valence-corrected chi connectivity index (χ4v) is 0.869. The van der Waals surface area contributed by atoms with Crippen LogP contribution in [0.1, 0.15) is 34.6 Å². The van der Waals surface area contributed by atoms with Gasteiger partial charge in [0, 0.05) is 0 Å². The lowest BCUT2D eigenvalue weighted by atomic mass is 10.1. The number of halogens is 1. The number of rotatable bonds is 3. The molecule has 0 aromatic rings. The van der Waals surface area contributed by atoms with Crippen LogP contribution < -0.4 is 0 Å². The molecule has 5 heteroatoms. The second kappa shape index (κ2) is 4.96. The molecule has 88 valence electrons. The van der Waals surface area contributed by atoms with Gasteiger partial charge in [0.25, 0.3) is 0 Å². The molecule has 0 bridgehead atoms. The van der Waals surface area contributed by atoms with Crippen LogP contribution in [0.2, 0.25) is 0 Å². The predicted molar refractivity (Wildman–Crippen MR) is 59.8 cm³/mol. The van der Waals surface area contributed by atoms with E-state index >= 15 is 0 Å². The lowest BCUT2D eigenvalue weighted by Crippen LogP contribution is -2.42. The van der Waals surface area contributed by atoms with E-state index < -0.39 is 23.1 Å². The summed E-state index contributed by atoms with van der Waals surface area (Å²) in [5.74, 6) is -1.05. The largest absolute Gasteiger partial charge is 0.457 e. The average molecular weight is 281 g/mol. The maximum absolute atomic E-state index is 11.6. The molecule has 0 amide bonds. The van der Waals surface area contributed by atoms with Crippen LogP contribution in [-0.2, 0) is 19.1 Å². The first-order chi connectivity index (χ1) is 6.58.